The molecule has 0 aliphatic heterocycles. The van der Waals surface area contributed by atoms with Crippen molar-refractivity contribution in [2.24, 2.45) is 0 Å². The zero-order valence-corrected chi connectivity index (χ0v) is 19.4. The van der Waals surface area contributed by atoms with E-state index in [-0.39, 0.29) is 27.1 Å². The summed E-state index contributed by atoms with van der Waals surface area (Å²) in [4.78, 5) is 28.8. The van der Waals surface area contributed by atoms with Crippen molar-refractivity contribution in [3.8, 4) is 0 Å². The first kappa shape index (κ1) is 24.2. The van der Waals surface area contributed by atoms with Crippen molar-refractivity contribution in [2.75, 3.05) is 13.2 Å². The molecule has 0 radical (unpaired) electrons. The molecule has 23 heavy (non-hydrogen) atoms. The predicted molar refractivity (Wildman–Crippen MR) is 103 cm³/mol. The zero-order valence-electron chi connectivity index (χ0n) is 12.2. The lowest BCUT2D eigenvalue weighted by atomic mass is 10.1. The van der Waals surface area contributed by atoms with Crippen LogP contribution < -0.4 is 0 Å². The van der Waals surface area contributed by atoms with E-state index in [0.717, 1.165) is 31.3 Å². The van der Waals surface area contributed by atoms with Crippen LogP contribution in [0, 0.1) is 0 Å². The monoisotopic (exact) mass is 606 g/mol. The molecule has 0 aliphatic rings. The summed E-state index contributed by atoms with van der Waals surface area (Å²) in [5.74, 6) is -0.461. The van der Waals surface area contributed by atoms with Gasteiger partial charge in [0.25, 0.3) is 0 Å². The summed E-state index contributed by atoms with van der Waals surface area (Å²) < 4.78 is 20.1. The van der Waals surface area contributed by atoms with Gasteiger partial charge in [-0.3, -0.25) is 4.52 Å². The Morgan fingerprint density at radius 3 is 2.00 bits per heavy atom. The van der Waals surface area contributed by atoms with Crippen molar-refractivity contribution in [1.29, 1.82) is 0 Å². The standard InChI is InChI=1S/C12H19Br4O6P/c13-10(14)4-2-9(3-5-11(15)16)8-12(17)21-6-1-7-22-23(18,19)20/h8,10-11H,1-7H2,(H2,18,19,20). The number of alkyl halides is 4. The van der Waals surface area contributed by atoms with Crippen LogP contribution in [0.1, 0.15) is 32.1 Å². The molecule has 0 unspecified atom stereocenters. The van der Waals surface area contributed by atoms with Crippen molar-refractivity contribution in [3.05, 3.63) is 11.6 Å². The Morgan fingerprint density at radius 1 is 1.04 bits per heavy atom. The number of hydrogen-bond donors (Lipinski definition) is 2. The van der Waals surface area contributed by atoms with Crippen molar-refractivity contribution in [2.45, 2.75) is 39.6 Å². The minimum absolute atomic E-state index is 0.0433. The zero-order chi connectivity index (χ0) is 17.9. The molecule has 136 valence electrons. The number of phosphoric ester groups is 1. The average Bonchev–Trinajstić information content (AvgIpc) is 2.39. The summed E-state index contributed by atoms with van der Waals surface area (Å²) in [6.07, 6.45) is 4.88. The summed E-state index contributed by atoms with van der Waals surface area (Å²) in [5.41, 5.74) is 0.981. The van der Waals surface area contributed by atoms with E-state index < -0.39 is 13.8 Å². The van der Waals surface area contributed by atoms with Crippen molar-refractivity contribution in [3.63, 3.8) is 0 Å². The number of rotatable bonds is 12. The number of hydrogen-bond acceptors (Lipinski definition) is 4. The van der Waals surface area contributed by atoms with E-state index in [4.69, 9.17) is 14.5 Å². The van der Waals surface area contributed by atoms with Gasteiger partial charge in [0.15, 0.2) is 0 Å². The molecule has 0 spiro atoms. The van der Waals surface area contributed by atoms with E-state index in [2.05, 4.69) is 68.2 Å². The van der Waals surface area contributed by atoms with E-state index in [1.54, 1.807) is 0 Å². The van der Waals surface area contributed by atoms with E-state index in [1.165, 1.54) is 6.08 Å². The minimum Gasteiger partial charge on any atom is -0.462 e. The number of carbonyl (C=O) groups is 1. The second-order valence-corrected chi connectivity index (χ2v) is 12.6. The Morgan fingerprint density at radius 2 is 1.57 bits per heavy atom. The van der Waals surface area contributed by atoms with Crippen molar-refractivity contribution >= 4 is 77.5 Å². The smallest absolute Gasteiger partial charge is 0.462 e. The number of phosphoric acid groups is 1. The number of carbonyl (C=O) groups excluding carboxylic acids is 1. The van der Waals surface area contributed by atoms with Crippen LogP contribution in [-0.2, 0) is 18.6 Å². The van der Waals surface area contributed by atoms with Crippen LogP contribution in [0.25, 0.3) is 0 Å². The summed E-state index contributed by atoms with van der Waals surface area (Å²) >= 11 is 13.6. The molecule has 0 saturated heterocycles. The summed E-state index contributed by atoms with van der Waals surface area (Å²) in [6.45, 7) is -0.126. The third-order valence-electron chi connectivity index (χ3n) is 2.48. The number of ether oxygens (including phenoxy) is 1. The normalized spacial score (nSPS) is 11.8. The molecule has 0 aromatic rings. The molecule has 0 saturated carbocycles. The Bertz CT molecular complexity index is 410. The fraction of sp³-hybridized carbons (Fsp3) is 0.750. The first-order valence-electron chi connectivity index (χ1n) is 6.72. The highest BCUT2D eigenvalue weighted by atomic mass is 79.9. The molecule has 0 fully saturated rings. The molecule has 0 bridgehead atoms. The van der Waals surface area contributed by atoms with Gasteiger partial charge in [-0.1, -0.05) is 69.3 Å². The lowest BCUT2D eigenvalue weighted by Crippen LogP contribution is -2.06. The molecule has 0 rings (SSSR count). The lowest BCUT2D eigenvalue weighted by Gasteiger charge is -2.10. The minimum atomic E-state index is -4.46. The largest absolute Gasteiger partial charge is 0.469 e. The first-order valence-corrected chi connectivity index (χ1v) is 11.9. The van der Waals surface area contributed by atoms with Gasteiger partial charge in [0.05, 0.1) is 20.7 Å². The van der Waals surface area contributed by atoms with Gasteiger partial charge in [0.2, 0.25) is 0 Å². The number of allylic oxidation sites excluding steroid dienone is 1. The second-order valence-electron chi connectivity index (χ2n) is 4.51. The molecule has 0 heterocycles. The Hall–Kier alpha value is 1.24. The van der Waals surface area contributed by atoms with Crippen LogP contribution in [0.3, 0.4) is 0 Å². The Kier molecular flexibility index (Phi) is 14.2. The summed E-state index contributed by atoms with van der Waals surface area (Å²) in [7, 11) is -4.46. The third-order valence-corrected chi connectivity index (χ3v) is 4.83. The van der Waals surface area contributed by atoms with E-state index in [9.17, 15) is 9.36 Å². The van der Waals surface area contributed by atoms with E-state index in [1.807, 2.05) is 0 Å². The maximum absolute atomic E-state index is 11.8. The molecule has 2 N–H and O–H groups in total. The highest BCUT2D eigenvalue weighted by Gasteiger charge is 2.13. The Labute approximate surface area is 169 Å². The highest BCUT2D eigenvalue weighted by molar-refractivity contribution is 9.25. The Balaban J connectivity index is 4.24. The maximum atomic E-state index is 11.8. The second kappa shape index (κ2) is 13.4. The fourth-order valence-electron chi connectivity index (χ4n) is 1.48. The van der Waals surface area contributed by atoms with E-state index >= 15 is 0 Å². The van der Waals surface area contributed by atoms with Crippen LogP contribution in [0.2, 0.25) is 0 Å². The molecular weight excluding hydrogens is 591 g/mol. The van der Waals surface area contributed by atoms with Gasteiger partial charge in [0.1, 0.15) is 0 Å². The summed E-state index contributed by atoms with van der Waals surface area (Å²) in [6, 6.07) is 0. The molecular formula is C12H19Br4O6P. The first-order chi connectivity index (χ1) is 10.6. The molecule has 0 aliphatic carbocycles. The van der Waals surface area contributed by atoms with Gasteiger partial charge >= 0.3 is 13.8 Å². The lowest BCUT2D eigenvalue weighted by molar-refractivity contribution is -0.138. The number of esters is 1. The SMILES string of the molecule is O=C(C=C(CCC(Br)Br)CCC(Br)Br)OCCCOP(=O)(O)O. The maximum Gasteiger partial charge on any atom is 0.469 e. The van der Waals surface area contributed by atoms with Crippen LogP contribution in [0.15, 0.2) is 11.6 Å². The highest BCUT2D eigenvalue weighted by Crippen LogP contribution is 2.35. The van der Waals surface area contributed by atoms with Crippen LogP contribution >= 0.6 is 71.5 Å². The topological polar surface area (TPSA) is 93.1 Å². The van der Waals surface area contributed by atoms with Gasteiger partial charge in [-0.15, -0.1) is 0 Å². The third kappa shape index (κ3) is 17.8. The molecule has 0 aromatic carbocycles. The van der Waals surface area contributed by atoms with Crippen molar-refractivity contribution < 1.29 is 28.4 Å². The van der Waals surface area contributed by atoms with Gasteiger partial charge < -0.3 is 14.5 Å². The molecule has 0 amide bonds. The van der Waals surface area contributed by atoms with Gasteiger partial charge in [-0.2, -0.15) is 0 Å². The average molecular weight is 610 g/mol. The summed E-state index contributed by atoms with van der Waals surface area (Å²) in [5, 5.41) is 0. The molecule has 11 heteroatoms. The predicted octanol–water partition coefficient (Wildman–Crippen LogP) is 4.75. The van der Waals surface area contributed by atoms with E-state index in [0.29, 0.717) is 0 Å². The quantitative estimate of drug-likeness (QED) is 0.109. The number of halogens is 4. The van der Waals surface area contributed by atoms with Gasteiger partial charge in [-0.25, -0.2) is 9.36 Å². The molecule has 0 atom stereocenters. The van der Waals surface area contributed by atoms with Crippen molar-refractivity contribution in [1.82, 2.24) is 0 Å². The molecule has 6 nitrogen and oxygen atoms in total. The van der Waals surface area contributed by atoms with Crippen LogP contribution in [-0.4, -0.2) is 36.4 Å². The fourth-order valence-corrected chi connectivity index (χ4v) is 2.76. The van der Waals surface area contributed by atoms with Gasteiger partial charge in [-0.05, 0) is 25.7 Å². The van der Waals surface area contributed by atoms with Gasteiger partial charge in [0, 0.05) is 12.5 Å². The molecule has 0 aromatic heterocycles. The van der Waals surface area contributed by atoms with Crippen LogP contribution in [0.4, 0.5) is 0 Å². The van der Waals surface area contributed by atoms with Crippen LogP contribution in [0.5, 0.6) is 0 Å².